The fraction of sp³-hybridized carbons (Fsp3) is 0.471. The third-order valence-corrected chi connectivity index (χ3v) is 5.39. The van der Waals surface area contributed by atoms with E-state index in [1.165, 1.54) is 0 Å². The Morgan fingerprint density at radius 2 is 0.735 bits per heavy atom. The first-order valence-corrected chi connectivity index (χ1v) is 12.3. The Morgan fingerprint density at radius 3 is 1.00 bits per heavy atom. The summed E-state index contributed by atoms with van der Waals surface area (Å²) in [6.45, 7) is 26.5. The van der Waals surface area contributed by atoms with Gasteiger partial charge in [0.2, 0.25) is 0 Å². The maximum absolute atomic E-state index is 3.46. The van der Waals surface area contributed by atoms with E-state index in [0.717, 1.165) is 22.3 Å². The fourth-order valence-corrected chi connectivity index (χ4v) is 2.92. The van der Waals surface area contributed by atoms with Gasteiger partial charge >= 0.3 is 0 Å². The van der Waals surface area contributed by atoms with Crippen LogP contribution in [0.15, 0.2) is 94.5 Å². The van der Waals surface area contributed by atoms with Crippen molar-refractivity contribution in [2.24, 2.45) is 21.7 Å². The number of rotatable bonds is 0. The maximum Gasteiger partial charge on any atom is 0.00775 e. The van der Waals surface area contributed by atoms with Crippen LogP contribution >= 0.6 is 0 Å². The number of hydrogen-bond donors (Lipinski definition) is 0. The predicted octanol–water partition coefficient (Wildman–Crippen LogP) is 9.87. The van der Waals surface area contributed by atoms with Gasteiger partial charge in [-0.15, -0.1) is 0 Å². The molecule has 0 saturated carbocycles. The van der Waals surface area contributed by atoms with E-state index in [9.17, 15) is 0 Å². The average Bonchev–Trinajstić information content (AvgIpc) is 2.63. The van der Waals surface area contributed by atoms with Crippen LogP contribution in [0, 0.1) is 33.5 Å². The predicted molar refractivity (Wildman–Crippen MR) is 152 cm³/mol. The van der Waals surface area contributed by atoms with Crippen molar-refractivity contribution in [2.45, 2.75) is 83.1 Å². The topological polar surface area (TPSA) is 0 Å². The minimum atomic E-state index is -0.0309. The van der Waals surface area contributed by atoms with Gasteiger partial charge in [-0.1, -0.05) is 167 Å². The van der Waals surface area contributed by atoms with Crippen molar-refractivity contribution in [1.29, 1.82) is 0 Å². The lowest BCUT2D eigenvalue weighted by Crippen LogP contribution is -2.10. The highest BCUT2D eigenvalue weighted by Crippen LogP contribution is 2.29. The SMILES string of the molecule is CC(C)(C)C1=C=C=C(C(C)(C)C)/C=C/C=C/C=C(/C(C)(C)C)C#C/C(C(C)(C)C)=C\C=C\C=C1. The zero-order chi connectivity index (χ0) is 26.2. The Morgan fingerprint density at radius 1 is 0.412 bits per heavy atom. The second-order valence-corrected chi connectivity index (χ2v) is 13.0. The number of allylic oxidation sites excluding steroid dienone is 14. The summed E-state index contributed by atoms with van der Waals surface area (Å²) < 4.78 is 0. The van der Waals surface area contributed by atoms with E-state index in [1.807, 2.05) is 0 Å². The Labute approximate surface area is 211 Å². The molecule has 1 aliphatic carbocycles. The first kappa shape index (κ1) is 29.3. The Balaban J connectivity index is 3.86. The van der Waals surface area contributed by atoms with Crippen molar-refractivity contribution in [2.75, 3.05) is 0 Å². The molecule has 0 saturated heterocycles. The summed E-state index contributed by atoms with van der Waals surface area (Å²) in [5.41, 5.74) is 11.3. The summed E-state index contributed by atoms with van der Waals surface area (Å²) in [7, 11) is 0. The van der Waals surface area contributed by atoms with Gasteiger partial charge in [0.05, 0.1) is 0 Å². The molecule has 0 radical (unpaired) electrons. The van der Waals surface area contributed by atoms with Crippen LogP contribution in [-0.2, 0) is 0 Å². The van der Waals surface area contributed by atoms with Gasteiger partial charge in [-0.3, -0.25) is 0 Å². The summed E-state index contributed by atoms with van der Waals surface area (Å²) in [4.78, 5) is 0. The molecule has 0 unspecified atom stereocenters. The second-order valence-electron chi connectivity index (χ2n) is 13.0. The fourth-order valence-electron chi connectivity index (χ4n) is 2.92. The van der Waals surface area contributed by atoms with Crippen molar-refractivity contribution in [1.82, 2.24) is 0 Å². The van der Waals surface area contributed by atoms with Crippen molar-refractivity contribution in [3.05, 3.63) is 94.5 Å². The van der Waals surface area contributed by atoms with Crippen LogP contribution in [0.5, 0.6) is 0 Å². The molecule has 0 aromatic heterocycles. The highest BCUT2D eigenvalue weighted by molar-refractivity contribution is 5.45. The van der Waals surface area contributed by atoms with Gasteiger partial charge in [0.25, 0.3) is 0 Å². The van der Waals surface area contributed by atoms with E-state index in [2.05, 4.69) is 167 Å². The summed E-state index contributed by atoms with van der Waals surface area (Å²) in [5, 5.41) is 0. The third-order valence-electron chi connectivity index (χ3n) is 5.39. The largest absolute Gasteiger partial charge is 0.0659 e. The van der Waals surface area contributed by atoms with Crippen LogP contribution < -0.4 is 0 Å². The van der Waals surface area contributed by atoms with Crippen LogP contribution in [0.3, 0.4) is 0 Å². The summed E-state index contributed by atoms with van der Waals surface area (Å²) in [6, 6.07) is 0. The quantitative estimate of drug-likeness (QED) is 0.252. The van der Waals surface area contributed by atoms with E-state index in [1.54, 1.807) is 0 Å². The Hall–Kier alpha value is -2.70. The zero-order valence-corrected chi connectivity index (χ0v) is 23.8. The molecule has 0 heteroatoms. The van der Waals surface area contributed by atoms with Gasteiger partial charge in [0, 0.05) is 22.3 Å². The first-order chi connectivity index (χ1) is 15.4. The molecular weight excluding hydrogens is 408 g/mol. The summed E-state index contributed by atoms with van der Waals surface area (Å²) >= 11 is 0. The normalized spacial score (nSPS) is 22.5. The molecule has 0 bridgehead atoms. The zero-order valence-electron chi connectivity index (χ0n) is 23.8. The Kier molecular flexibility index (Phi) is 10.0. The van der Waals surface area contributed by atoms with E-state index in [4.69, 9.17) is 0 Å². The maximum atomic E-state index is 3.46. The third kappa shape index (κ3) is 10.5. The van der Waals surface area contributed by atoms with E-state index in [0.29, 0.717) is 0 Å². The monoisotopic (exact) mass is 454 g/mol. The van der Waals surface area contributed by atoms with E-state index < -0.39 is 0 Å². The average molecular weight is 455 g/mol. The van der Waals surface area contributed by atoms with Crippen molar-refractivity contribution >= 4 is 0 Å². The van der Waals surface area contributed by atoms with Gasteiger partial charge in [-0.25, -0.2) is 0 Å². The highest BCUT2D eigenvalue weighted by atomic mass is 14.2. The highest BCUT2D eigenvalue weighted by Gasteiger charge is 2.18. The van der Waals surface area contributed by atoms with Gasteiger partial charge in [-0.05, 0) is 21.7 Å². The van der Waals surface area contributed by atoms with Gasteiger partial charge in [0.1, 0.15) is 0 Å². The van der Waals surface area contributed by atoms with Gasteiger partial charge < -0.3 is 0 Å². The lowest BCUT2D eigenvalue weighted by atomic mass is 9.83. The molecular formula is C34H46. The molecule has 0 heterocycles. The lowest BCUT2D eigenvalue weighted by Gasteiger charge is -2.20. The molecule has 0 nitrogen and oxygen atoms in total. The van der Waals surface area contributed by atoms with E-state index >= 15 is 0 Å². The Bertz CT molecular complexity index is 978. The molecule has 1 aliphatic rings. The van der Waals surface area contributed by atoms with E-state index in [-0.39, 0.29) is 21.7 Å². The standard InChI is InChI=1S/C34H46/c1-31(2,3)27-19-15-13-16-21-29(33(7,8)9)25-26-30(34(10,11)12)22-18-14-17-20-28(24-23-27)32(4,5)6/h13-22H,1-12H3/b15-13+,16-13?,17-14+,18-14?,19-15?,20-17?,21-16+,22-18?,27-19+,28-20+,29-21?,30-22?. The molecule has 0 aromatic carbocycles. The van der Waals surface area contributed by atoms with Crippen LogP contribution in [-0.4, -0.2) is 0 Å². The van der Waals surface area contributed by atoms with Gasteiger partial charge in [-0.2, -0.15) is 0 Å². The van der Waals surface area contributed by atoms with Crippen LogP contribution in [0.25, 0.3) is 0 Å². The van der Waals surface area contributed by atoms with Crippen molar-refractivity contribution in [3.8, 4) is 11.8 Å². The number of hydrogen-bond acceptors (Lipinski definition) is 0. The van der Waals surface area contributed by atoms with Gasteiger partial charge in [0.15, 0.2) is 0 Å². The van der Waals surface area contributed by atoms with Crippen LogP contribution in [0.2, 0.25) is 0 Å². The molecule has 0 aromatic rings. The summed E-state index contributed by atoms with van der Waals surface area (Å²) in [6.07, 6.45) is 21.0. The minimum absolute atomic E-state index is 0.0309. The molecule has 0 aliphatic heterocycles. The summed E-state index contributed by atoms with van der Waals surface area (Å²) in [5.74, 6) is 6.93. The molecule has 182 valence electrons. The van der Waals surface area contributed by atoms with Crippen LogP contribution in [0.1, 0.15) is 83.1 Å². The second kappa shape index (κ2) is 11.6. The lowest BCUT2D eigenvalue weighted by molar-refractivity contribution is 0.514. The van der Waals surface area contributed by atoms with Crippen molar-refractivity contribution in [3.63, 3.8) is 0 Å². The molecule has 34 heavy (non-hydrogen) atoms. The molecule has 1 rings (SSSR count). The van der Waals surface area contributed by atoms with Crippen molar-refractivity contribution < 1.29 is 0 Å². The minimum Gasteiger partial charge on any atom is -0.0659 e. The molecule has 0 amide bonds. The first-order valence-electron chi connectivity index (χ1n) is 12.3. The van der Waals surface area contributed by atoms with Crippen LogP contribution in [0.4, 0.5) is 0 Å². The smallest absolute Gasteiger partial charge is 0.00775 e. The molecule has 0 spiro atoms. The molecule has 0 atom stereocenters. The molecule has 0 N–H and O–H groups in total. The molecule has 0 fully saturated rings.